The minimum atomic E-state index is -3.29. The molecular weight excluding hydrogens is 280 g/mol. The Hall–Kier alpha value is -1.60. The molecule has 20 heavy (non-hydrogen) atoms. The highest BCUT2D eigenvalue weighted by molar-refractivity contribution is 7.88. The molecule has 1 aromatic carbocycles. The summed E-state index contributed by atoms with van der Waals surface area (Å²) in [7, 11) is -3.29. The lowest BCUT2D eigenvalue weighted by molar-refractivity contribution is -0.134. The molecule has 0 radical (unpaired) electrons. The van der Waals surface area contributed by atoms with E-state index < -0.39 is 10.0 Å². The van der Waals surface area contributed by atoms with Gasteiger partial charge in [-0.25, -0.2) is 8.42 Å². The van der Waals surface area contributed by atoms with Gasteiger partial charge in [0.15, 0.2) is 0 Å². The number of carbonyl (C=O) groups excluding carboxylic acids is 1. The van der Waals surface area contributed by atoms with Crippen molar-refractivity contribution in [2.24, 2.45) is 0 Å². The van der Waals surface area contributed by atoms with Crippen LogP contribution in [0.5, 0.6) is 5.75 Å². The summed E-state index contributed by atoms with van der Waals surface area (Å²) in [5, 5.41) is 0. The highest BCUT2D eigenvalue weighted by Gasteiger charge is 2.28. The Kier molecular flexibility index (Phi) is 4.61. The van der Waals surface area contributed by atoms with E-state index in [1.807, 2.05) is 30.3 Å². The van der Waals surface area contributed by atoms with Gasteiger partial charge in [-0.3, -0.25) is 4.79 Å². The molecule has 6 nitrogen and oxygen atoms in total. The lowest BCUT2D eigenvalue weighted by Crippen LogP contribution is -2.52. The highest BCUT2D eigenvalue weighted by Crippen LogP contribution is 2.10. The number of para-hydroxylation sites is 1. The van der Waals surface area contributed by atoms with Gasteiger partial charge in [0.2, 0.25) is 15.9 Å². The molecule has 0 saturated carbocycles. The van der Waals surface area contributed by atoms with Crippen molar-refractivity contribution < 1.29 is 17.9 Å². The summed E-state index contributed by atoms with van der Waals surface area (Å²) in [4.78, 5) is 13.5. The first-order chi connectivity index (χ1) is 9.47. The van der Waals surface area contributed by atoms with Crippen molar-refractivity contribution in [2.45, 2.75) is 0 Å². The van der Waals surface area contributed by atoms with E-state index in [2.05, 4.69) is 0 Å². The van der Waals surface area contributed by atoms with Gasteiger partial charge < -0.3 is 9.64 Å². The van der Waals surface area contributed by atoms with E-state index in [1.165, 1.54) is 4.31 Å². The zero-order valence-corrected chi connectivity index (χ0v) is 12.2. The number of rotatable bonds is 5. The molecule has 1 saturated heterocycles. The quantitative estimate of drug-likeness (QED) is 0.777. The summed E-state index contributed by atoms with van der Waals surface area (Å²) in [6, 6.07) is 9.37. The number of amides is 1. The van der Waals surface area contributed by atoms with Crippen molar-refractivity contribution in [1.82, 2.24) is 9.21 Å². The van der Waals surface area contributed by atoms with E-state index in [9.17, 15) is 13.2 Å². The number of nitrogens with zero attached hydrogens (tertiary/aromatic N) is 2. The number of carbonyl (C=O) groups is 1. The second-order valence-corrected chi connectivity index (χ2v) is 6.62. The summed E-state index contributed by atoms with van der Waals surface area (Å²) in [5.74, 6) is 0.577. The third-order valence-corrected chi connectivity index (χ3v) is 4.38. The van der Waals surface area contributed by atoms with Crippen LogP contribution >= 0.6 is 0 Å². The van der Waals surface area contributed by atoms with Gasteiger partial charge in [-0.15, -0.1) is 0 Å². The molecule has 1 amide bonds. The molecule has 0 atom stereocenters. The Bertz CT molecular complexity index is 559. The number of hydrogen-bond acceptors (Lipinski definition) is 4. The Morgan fingerprint density at radius 1 is 1.20 bits per heavy atom. The lowest BCUT2D eigenvalue weighted by Gasteiger charge is -2.32. The monoisotopic (exact) mass is 298 g/mol. The van der Waals surface area contributed by atoms with Crippen LogP contribution in [0.15, 0.2) is 30.3 Å². The third kappa shape index (κ3) is 3.94. The molecule has 1 heterocycles. The topological polar surface area (TPSA) is 66.9 Å². The maximum Gasteiger partial charge on any atom is 0.238 e. The van der Waals surface area contributed by atoms with Crippen LogP contribution in [0.3, 0.4) is 0 Å². The predicted molar refractivity (Wildman–Crippen MR) is 74.9 cm³/mol. The van der Waals surface area contributed by atoms with E-state index in [4.69, 9.17) is 4.74 Å². The summed E-state index contributed by atoms with van der Waals surface area (Å²) in [6.07, 6.45) is 1.12. The molecular formula is C13H18N2O4S. The maximum atomic E-state index is 11.9. The van der Waals surface area contributed by atoms with Gasteiger partial charge in [0.25, 0.3) is 0 Å². The molecule has 0 unspecified atom stereocenters. The molecule has 1 aliphatic rings. The van der Waals surface area contributed by atoms with Crippen LogP contribution in [0.2, 0.25) is 0 Å². The van der Waals surface area contributed by atoms with Gasteiger partial charge in [0.1, 0.15) is 12.4 Å². The van der Waals surface area contributed by atoms with E-state index >= 15 is 0 Å². The van der Waals surface area contributed by atoms with Crippen molar-refractivity contribution in [1.29, 1.82) is 0 Å². The second-order valence-electron chi connectivity index (χ2n) is 4.64. The molecule has 110 valence electrons. The van der Waals surface area contributed by atoms with Crippen molar-refractivity contribution in [3.05, 3.63) is 30.3 Å². The van der Waals surface area contributed by atoms with Crippen LogP contribution in [0.25, 0.3) is 0 Å². The van der Waals surface area contributed by atoms with Crippen LogP contribution in [-0.2, 0) is 14.8 Å². The zero-order chi connectivity index (χ0) is 14.6. The first kappa shape index (κ1) is 14.8. The number of sulfonamides is 1. The molecule has 0 spiro atoms. The molecule has 0 N–H and O–H groups in total. The fourth-order valence-corrected chi connectivity index (χ4v) is 2.76. The summed E-state index contributed by atoms with van der Waals surface area (Å²) >= 11 is 0. The number of piperazine rings is 1. The number of hydrogen-bond donors (Lipinski definition) is 0. The van der Waals surface area contributed by atoms with Crippen LogP contribution in [-0.4, -0.2) is 62.6 Å². The van der Waals surface area contributed by atoms with Crippen LogP contribution in [0, 0.1) is 0 Å². The number of ether oxygens (including phenoxy) is 1. The van der Waals surface area contributed by atoms with Crippen molar-refractivity contribution in [3.8, 4) is 5.75 Å². The first-order valence-corrected chi connectivity index (χ1v) is 8.22. The van der Waals surface area contributed by atoms with E-state index in [1.54, 1.807) is 4.90 Å². The Balaban J connectivity index is 1.79. The molecule has 0 bridgehead atoms. The van der Waals surface area contributed by atoms with E-state index in [-0.39, 0.29) is 12.5 Å². The van der Waals surface area contributed by atoms with E-state index in [0.717, 1.165) is 12.0 Å². The average Bonchev–Trinajstić information content (AvgIpc) is 2.40. The molecule has 2 rings (SSSR count). The molecule has 0 aliphatic carbocycles. The summed E-state index contributed by atoms with van der Waals surface area (Å²) in [5.41, 5.74) is 0. The zero-order valence-electron chi connectivity index (χ0n) is 11.4. The molecule has 7 heteroatoms. The third-order valence-electron chi connectivity index (χ3n) is 3.13. The first-order valence-electron chi connectivity index (χ1n) is 6.37. The molecule has 1 aliphatic heterocycles. The Labute approximate surface area is 119 Å². The minimum Gasteiger partial charge on any atom is -0.492 e. The maximum absolute atomic E-state index is 11.9. The van der Waals surface area contributed by atoms with Gasteiger partial charge in [-0.2, -0.15) is 4.31 Å². The van der Waals surface area contributed by atoms with Crippen LogP contribution in [0.1, 0.15) is 0 Å². The van der Waals surface area contributed by atoms with Gasteiger partial charge in [-0.1, -0.05) is 18.2 Å². The van der Waals surface area contributed by atoms with Gasteiger partial charge in [0.05, 0.1) is 19.3 Å². The van der Waals surface area contributed by atoms with Gasteiger partial charge >= 0.3 is 0 Å². The second kappa shape index (κ2) is 6.23. The molecule has 1 aromatic rings. The normalized spacial score (nSPS) is 17.2. The fourth-order valence-electron chi connectivity index (χ4n) is 2.00. The standard InChI is InChI=1S/C13H18N2O4S/c1-20(17,18)15-8-7-14(13(16)11-15)9-10-19-12-5-3-2-4-6-12/h2-6H,7-11H2,1H3. The van der Waals surface area contributed by atoms with Crippen LogP contribution < -0.4 is 4.74 Å². The molecule has 1 fully saturated rings. The van der Waals surface area contributed by atoms with Crippen LogP contribution in [0.4, 0.5) is 0 Å². The lowest BCUT2D eigenvalue weighted by atomic mass is 10.3. The highest BCUT2D eigenvalue weighted by atomic mass is 32.2. The summed E-state index contributed by atoms with van der Waals surface area (Å²) in [6.45, 7) is 1.53. The predicted octanol–water partition coefficient (Wildman–Crippen LogP) is 0.169. The number of benzene rings is 1. The van der Waals surface area contributed by atoms with Crippen molar-refractivity contribution >= 4 is 15.9 Å². The SMILES string of the molecule is CS(=O)(=O)N1CCN(CCOc2ccccc2)C(=O)C1. The van der Waals surface area contributed by atoms with Gasteiger partial charge in [0, 0.05) is 13.1 Å². The molecule has 0 aromatic heterocycles. The Morgan fingerprint density at radius 3 is 2.50 bits per heavy atom. The van der Waals surface area contributed by atoms with Gasteiger partial charge in [-0.05, 0) is 12.1 Å². The average molecular weight is 298 g/mol. The smallest absolute Gasteiger partial charge is 0.238 e. The van der Waals surface area contributed by atoms with Crippen molar-refractivity contribution in [3.63, 3.8) is 0 Å². The van der Waals surface area contributed by atoms with E-state index in [0.29, 0.717) is 26.2 Å². The minimum absolute atomic E-state index is 0.0792. The fraction of sp³-hybridized carbons (Fsp3) is 0.462. The largest absolute Gasteiger partial charge is 0.492 e. The van der Waals surface area contributed by atoms with Crippen molar-refractivity contribution in [2.75, 3.05) is 39.0 Å². The summed E-state index contributed by atoms with van der Waals surface area (Å²) < 4.78 is 29.5. The Morgan fingerprint density at radius 2 is 1.90 bits per heavy atom.